The first-order chi connectivity index (χ1) is 15.6. The summed E-state index contributed by atoms with van der Waals surface area (Å²) in [5.41, 5.74) is 2.96. The van der Waals surface area contributed by atoms with Crippen molar-refractivity contribution in [2.75, 3.05) is 11.8 Å². The van der Waals surface area contributed by atoms with Gasteiger partial charge in [-0.1, -0.05) is 48.0 Å². The van der Waals surface area contributed by atoms with Gasteiger partial charge in [0.1, 0.15) is 0 Å². The molecule has 0 aliphatic rings. The Morgan fingerprint density at radius 2 is 1.48 bits per heavy atom. The van der Waals surface area contributed by atoms with Gasteiger partial charge in [0.25, 0.3) is 15.9 Å². The van der Waals surface area contributed by atoms with Gasteiger partial charge in [0.2, 0.25) is 10.0 Å². The smallest absolute Gasteiger partial charge is 0.261 e. The van der Waals surface area contributed by atoms with Crippen molar-refractivity contribution in [3.63, 3.8) is 0 Å². The maximum atomic E-state index is 12.6. The molecule has 0 heterocycles. The topological polar surface area (TPSA) is 121 Å². The first-order valence-electron chi connectivity index (χ1n) is 10.0. The number of carbonyl (C=O) groups excluding carboxylic acids is 1. The minimum Gasteiger partial charge on any atom is -0.348 e. The van der Waals surface area contributed by atoms with Crippen LogP contribution in [0.4, 0.5) is 5.69 Å². The van der Waals surface area contributed by atoms with Crippen molar-refractivity contribution >= 4 is 31.6 Å². The first kappa shape index (κ1) is 24.4. The lowest BCUT2D eigenvalue weighted by molar-refractivity contribution is 0.0951. The minimum absolute atomic E-state index is 0.124. The van der Waals surface area contributed by atoms with E-state index in [2.05, 4.69) is 14.8 Å². The summed E-state index contributed by atoms with van der Waals surface area (Å²) in [6.45, 7) is 2.10. The van der Waals surface area contributed by atoms with Crippen molar-refractivity contribution < 1.29 is 21.6 Å². The molecular formula is C23H25N3O5S2. The van der Waals surface area contributed by atoms with E-state index in [9.17, 15) is 21.6 Å². The van der Waals surface area contributed by atoms with Crippen LogP contribution >= 0.6 is 0 Å². The van der Waals surface area contributed by atoms with Gasteiger partial charge in [-0.05, 0) is 55.4 Å². The molecule has 0 saturated carbocycles. The number of sulfonamides is 2. The SMILES string of the molecule is CNS(=O)(=O)Cc1ccc(CNC(=O)c2cccc(NS(=O)(=O)c3ccc(C)cc3)c2)cc1. The molecule has 0 atom stereocenters. The maximum Gasteiger partial charge on any atom is 0.261 e. The average molecular weight is 488 g/mol. The second kappa shape index (κ2) is 10.2. The van der Waals surface area contributed by atoms with Crippen molar-refractivity contribution in [1.82, 2.24) is 10.0 Å². The van der Waals surface area contributed by atoms with Crippen LogP contribution in [-0.2, 0) is 32.3 Å². The van der Waals surface area contributed by atoms with Gasteiger partial charge in [0.15, 0.2) is 0 Å². The van der Waals surface area contributed by atoms with Crippen molar-refractivity contribution in [3.8, 4) is 0 Å². The summed E-state index contributed by atoms with van der Waals surface area (Å²) in [6, 6.07) is 19.6. The fraction of sp³-hybridized carbons (Fsp3) is 0.174. The summed E-state index contributed by atoms with van der Waals surface area (Å²) in [6.07, 6.45) is 0. The summed E-state index contributed by atoms with van der Waals surface area (Å²) in [7, 11) is -5.77. The number of hydrogen-bond donors (Lipinski definition) is 3. The molecule has 10 heteroatoms. The van der Waals surface area contributed by atoms with Crippen LogP contribution < -0.4 is 14.8 Å². The molecule has 3 aromatic carbocycles. The molecule has 3 aromatic rings. The van der Waals surface area contributed by atoms with E-state index in [4.69, 9.17) is 0 Å². The lowest BCUT2D eigenvalue weighted by Gasteiger charge is -2.11. The largest absolute Gasteiger partial charge is 0.348 e. The highest BCUT2D eigenvalue weighted by molar-refractivity contribution is 7.92. The fourth-order valence-electron chi connectivity index (χ4n) is 2.98. The zero-order valence-electron chi connectivity index (χ0n) is 18.2. The van der Waals surface area contributed by atoms with Gasteiger partial charge in [-0.15, -0.1) is 0 Å². The molecule has 0 aromatic heterocycles. The van der Waals surface area contributed by atoms with Gasteiger partial charge in [0.05, 0.1) is 10.6 Å². The van der Waals surface area contributed by atoms with Crippen LogP contribution in [0, 0.1) is 6.92 Å². The predicted octanol–water partition coefficient (Wildman–Crippen LogP) is 2.78. The Morgan fingerprint density at radius 1 is 0.848 bits per heavy atom. The average Bonchev–Trinajstić information content (AvgIpc) is 2.78. The monoisotopic (exact) mass is 487 g/mol. The van der Waals surface area contributed by atoms with Crippen LogP contribution in [0.2, 0.25) is 0 Å². The van der Waals surface area contributed by atoms with E-state index in [0.717, 1.165) is 11.1 Å². The summed E-state index contributed by atoms with van der Waals surface area (Å²) < 4.78 is 53.2. The zero-order valence-corrected chi connectivity index (χ0v) is 19.8. The lowest BCUT2D eigenvalue weighted by Crippen LogP contribution is -2.23. The van der Waals surface area contributed by atoms with E-state index in [0.29, 0.717) is 11.1 Å². The summed E-state index contributed by atoms with van der Waals surface area (Å²) >= 11 is 0. The highest BCUT2D eigenvalue weighted by atomic mass is 32.2. The van der Waals surface area contributed by atoms with Crippen LogP contribution in [0.3, 0.4) is 0 Å². The Bertz CT molecular complexity index is 1340. The summed E-state index contributed by atoms with van der Waals surface area (Å²) in [5.74, 6) is -0.491. The molecule has 0 saturated heterocycles. The van der Waals surface area contributed by atoms with Crippen LogP contribution in [-0.4, -0.2) is 29.8 Å². The third-order valence-electron chi connectivity index (χ3n) is 4.85. The van der Waals surface area contributed by atoms with Crippen LogP contribution in [0.5, 0.6) is 0 Å². The molecule has 3 N–H and O–H groups in total. The van der Waals surface area contributed by atoms with Gasteiger partial charge in [-0.25, -0.2) is 21.6 Å². The Kier molecular flexibility index (Phi) is 7.52. The van der Waals surface area contributed by atoms with Crippen molar-refractivity contribution in [2.24, 2.45) is 0 Å². The molecule has 0 bridgehead atoms. The highest BCUT2D eigenvalue weighted by Gasteiger charge is 2.15. The molecule has 0 aliphatic carbocycles. The second-order valence-corrected chi connectivity index (χ2v) is 11.1. The van der Waals surface area contributed by atoms with Crippen LogP contribution in [0.1, 0.15) is 27.0 Å². The predicted molar refractivity (Wildman–Crippen MR) is 128 cm³/mol. The van der Waals surface area contributed by atoms with E-state index in [1.54, 1.807) is 54.6 Å². The van der Waals surface area contributed by atoms with Gasteiger partial charge in [0, 0.05) is 17.8 Å². The Balaban J connectivity index is 1.63. The van der Waals surface area contributed by atoms with Crippen LogP contribution in [0.25, 0.3) is 0 Å². The van der Waals surface area contributed by atoms with Crippen molar-refractivity contribution in [2.45, 2.75) is 24.1 Å². The Hall–Kier alpha value is -3.21. The molecule has 1 amide bonds. The fourth-order valence-corrected chi connectivity index (χ4v) is 4.81. The molecule has 0 unspecified atom stereocenters. The van der Waals surface area contributed by atoms with E-state index in [1.807, 2.05) is 6.92 Å². The van der Waals surface area contributed by atoms with Crippen LogP contribution in [0.15, 0.2) is 77.7 Å². The Morgan fingerprint density at radius 3 is 2.12 bits per heavy atom. The number of nitrogens with one attached hydrogen (secondary N) is 3. The molecule has 0 aliphatic heterocycles. The third-order valence-corrected chi connectivity index (χ3v) is 7.58. The third kappa shape index (κ3) is 6.88. The molecule has 33 heavy (non-hydrogen) atoms. The van der Waals surface area contributed by atoms with Gasteiger partial charge < -0.3 is 5.32 Å². The van der Waals surface area contributed by atoms with E-state index < -0.39 is 20.0 Å². The summed E-state index contributed by atoms with van der Waals surface area (Å²) in [5, 5.41) is 2.78. The molecular weight excluding hydrogens is 462 g/mol. The summed E-state index contributed by atoms with van der Waals surface area (Å²) in [4.78, 5) is 12.7. The highest BCUT2D eigenvalue weighted by Crippen LogP contribution is 2.18. The molecule has 0 radical (unpaired) electrons. The van der Waals surface area contributed by atoms with Crippen molar-refractivity contribution in [1.29, 1.82) is 0 Å². The number of anilines is 1. The van der Waals surface area contributed by atoms with Crippen molar-refractivity contribution in [3.05, 3.63) is 95.1 Å². The number of hydrogen-bond acceptors (Lipinski definition) is 5. The van der Waals surface area contributed by atoms with Gasteiger partial charge >= 0.3 is 0 Å². The zero-order chi connectivity index (χ0) is 24.1. The molecule has 0 spiro atoms. The number of rotatable bonds is 9. The van der Waals surface area contributed by atoms with E-state index in [1.165, 1.54) is 25.2 Å². The Labute approximate surface area is 194 Å². The van der Waals surface area contributed by atoms with E-state index in [-0.39, 0.29) is 28.8 Å². The quantitative estimate of drug-likeness (QED) is 0.429. The van der Waals surface area contributed by atoms with E-state index >= 15 is 0 Å². The van der Waals surface area contributed by atoms with Gasteiger partial charge in [-0.3, -0.25) is 9.52 Å². The normalized spacial score (nSPS) is 11.7. The molecule has 8 nitrogen and oxygen atoms in total. The second-order valence-electron chi connectivity index (χ2n) is 7.46. The maximum absolute atomic E-state index is 12.6. The number of benzene rings is 3. The standard InChI is InChI=1S/C23H25N3O5S2/c1-17-6-12-22(13-7-17)33(30,31)26-21-5-3-4-20(14-21)23(27)25-15-18-8-10-19(11-9-18)16-32(28,29)24-2/h3-14,24,26H,15-16H2,1-2H3,(H,25,27). The molecule has 174 valence electrons. The lowest BCUT2D eigenvalue weighted by atomic mass is 10.1. The number of carbonyl (C=O) groups is 1. The number of aryl methyl sites for hydroxylation is 1. The molecule has 0 fully saturated rings. The first-order valence-corrected chi connectivity index (χ1v) is 13.2. The molecule has 3 rings (SSSR count). The number of amides is 1. The minimum atomic E-state index is -3.78. The van der Waals surface area contributed by atoms with Gasteiger partial charge in [-0.2, -0.15) is 0 Å².